The summed E-state index contributed by atoms with van der Waals surface area (Å²) in [7, 11) is 0. The maximum atomic E-state index is 4.27. The number of fused-ring (bicyclic) bond motifs is 1. The summed E-state index contributed by atoms with van der Waals surface area (Å²) in [5.74, 6) is 0. The highest BCUT2D eigenvalue weighted by Crippen LogP contribution is 2.07. The Morgan fingerprint density at radius 3 is 2.54 bits per heavy atom. The molecule has 2 nitrogen and oxygen atoms in total. The second-order valence-electron chi connectivity index (χ2n) is 2.86. The van der Waals surface area contributed by atoms with E-state index in [0.717, 1.165) is 5.69 Å². The normalized spacial score (nSPS) is 9.54. The highest BCUT2D eigenvalue weighted by atomic mass is 15.2. The zero-order valence-corrected chi connectivity index (χ0v) is 8.70. The van der Waals surface area contributed by atoms with Crippen LogP contribution in [0.4, 0.5) is 0 Å². The summed E-state index contributed by atoms with van der Waals surface area (Å²) < 4.78 is 1.89. The van der Waals surface area contributed by atoms with Gasteiger partial charge in [0.05, 0.1) is 11.2 Å². The molecule has 0 saturated carbocycles. The van der Waals surface area contributed by atoms with Crippen molar-refractivity contribution in [2.45, 2.75) is 27.7 Å². The van der Waals surface area contributed by atoms with E-state index in [-0.39, 0.29) is 0 Å². The summed E-state index contributed by atoms with van der Waals surface area (Å²) in [5.41, 5.74) is 3.51. The van der Waals surface area contributed by atoms with Gasteiger partial charge in [-0.15, -0.1) is 0 Å². The molecule has 2 heterocycles. The zero-order chi connectivity index (χ0) is 9.84. The van der Waals surface area contributed by atoms with Crippen LogP contribution in [0.25, 0.3) is 5.52 Å². The topological polar surface area (TPSA) is 17.3 Å². The Hall–Kier alpha value is -1.31. The predicted octanol–water partition coefficient (Wildman–Crippen LogP) is 2.98. The van der Waals surface area contributed by atoms with Crippen LogP contribution in [0.2, 0.25) is 0 Å². The van der Waals surface area contributed by atoms with Crippen LogP contribution in [0, 0.1) is 13.8 Å². The molecule has 2 aromatic heterocycles. The quantitative estimate of drug-likeness (QED) is 0.603. The van der Waals surface area contributed by atoms with Gasteiger partial charge in [0.15, 0.2) is 0 Å². The summed E-state index contributed by atoms with van der Waals surface area (Å²) in [5, 5.41) is 4.27. The van der Waals surface area contributed by atoms with Gasteiger partial charge in [-0.1, -0.05) is 13.8 Å². The summed E-state index contributed by atoms with van der Waals surface area (Å²) in [4.78, 5) is 0. The number of aromatic nitrogens is 2. The lowest BCUT2D eigenvalue weighted by atomic mass is 10.3. The molecule has 0 radical (unpaired) electrons. The third-order valence-corrected chi connectivity index (χ3v) is 1.74. The molecule has 2 heteroatoms. The second-order valence-corrected chi connectivity index (χ2v) is 2.86. The lowest BCUT2D eigenvalue weighted by Crippen LogP contribution is -1.85. The Morgan fingerprint density at radius 1 is 1.15 bits per heavy atom. The highest BCUT2D eigenvalue weighted by molar-refractivity contribution is 5.48. The number of hydrogen-bond acceptors (Lipinski definition) is 1. The van der Waals surface area contributed by atoms with Crippen LogP contribution in [-0.2, 0) is 0 Å². The van der Waals surface area contributed by atoms with Crippen molar-refractivity contribution >= 4 is 5.52 Å². The van der Waals surface area contributed by atoms with Gasteiger partial charge >= 0.3 is 0 Å². The molecule has 2 rings (SSSR count). The molecule has 70 valence electrons. The van der Waals surface area contributed by atoms with E-state index in [1.165, 1.54) is 11.1 Å². The largest absolute Gasteiger partial charge is 0.241 e. The van der Waals surface area contributed by atoms with Gasteiger partial charge in [-0.05, 0) is 37.6 Å². The minimum absolute atomic E-state index is 1.07. The van der Waals surface area contributed by atoms with Gasteiger partial charge in [0.2, 0.25) is 0 Å². The van der Waals surface area contributed by atoms with E-state index in [1.807, 2.05) is 31.5 Å². The fourth-order valence-electron chi connectivity index (χ4n) is 1.23. The first-order valence-electron chi connectivity index (χ1n) is 4.68. The molecular formula is C11H16N2. The average Bonchev–Trinajstić information content (AvgIpc) is 2.48. The van der Waals surface area contributed by atoms with Crippen LogP contribution in [0.15, 0.2) is 24.4 Å². The Kier molecular flexibility index (Phi) is 3.07. The Bertz CT molecular complexity index is 388. The first-order chi connectivity index (χ1) is 6.25. The number of pyridine rings is 1. The number of hydrogen-bond donors (Lipinski definition) is 0. The number of rotatable bonds is 0. The molecule has 0 aliphatic heterocycles. The average molecular weight is 176 g/mol. The van der Waals surface area contributed by atoms with Crippen molar-refractivity contribution in [1.29, 1.82) is 0 Å². The molecule has 0 aliphatic rings. The lowest BCUT2D eigenvalue weighted by molar-refractivity contribution is 0.931. The molecule has 0 amide bonds. The molecule has 0 aliphatic carbocycles. The fraction of sp³-hybridized carbons (Fsp3) is 0.364. The minimum atomic E-state index is 1.07. The predicted molar refractivity (Wildman–Crippen MR) is 56.0 cm³/mol. The molecule has 0 aromatic carbocycles. The maximum Gasteiger partial charge on any atom is 0.0666 e. The van der Waals surface area contributed by atoms with Crippen LogP contribution < -0.4 is 0 Å². The Labute approximate surface area is 79.2 Å². The van der Waals surface area contributed by atoms with Gasteiger partial charge in [0, 0.05) is 6.20 Å². The smallest absolute Gasteiger partial charge is 0.0666 e. The molecule has 0 spiro atoms. The summed E-state index contributed by atoms with van der Waals surface area (Å²) in [6, 6.07) is 6.26. The van der Waals surface area contributed by atoms with Gasteiger partial charge in [-0.2, -0.15) is 5.10 Å². The van der Waals surface area contributed by atoms with Gasteiger partial charge in [-0.25, -0.2) is 4.52 Å². The van der Waals surface area contributed by atoms with Crippen molar-refractivity contribution in [2.24, 2.45) is 0 Å². The van der Waals surface area contributed by atoms with E-state index in [1.54, 1.807) is 0 Å². The van der Waals surface area contributed by atoms with Crippen LogP contribution in [0.1, 0.15) is 25.1 Å². The van der Waals surface area contributed by atoms with Crippen LogP contribution in [0.3, 0.4) is 0 Å². The Balaban J connectivity index is 0.000000396. The first-order valence-corrected chi connectivity index (χ1v) is 4.68. The monoisotopic (exact) mass is 176 g/mol. The van der Waals surface area contributed by atoms with Crippen molar-refractivity contribution in [3.8, 4) is 0 Å². The lowest BCUT2D eigenvalue weighted by Gasteiger charge is -1.92. The molecule has 2 aromatic rings. The van der Waals surface area contributed by atoms with Gasteiger partial charge in [0.25, 0.3) is 0 Å². The van der Waals surface area contributed by atoms with E-state index >= 15 is 0 Å². The number of aryl methyl sites for hydroxylation is 2. The highest BCUT2D eigenvalue weighted by Gasteiger charge is 1.95. The van der Waals surface area contributed by atoms with Gasteiger partial charge in [0.1, 0.15) is 0 Å². The van der Waals surface area contributed by atoms with Crippen molar-refractivity contribution in [3.63, 3.8) is 0 Å². The minimum Gasteiger partial charge on any atom is -0.241 e. The molecule has 0 bridgehead atoms. The molecule has 0 unspecified atom stereocenters. The third-order valence-electron chi connectivity index (χ3n) is 1.74. The van der Waals surface area contributed by atoms with Crippen molar-refractivity contribution in [3.05, 3.63) is 35.7 Å². The van der Waals surface area contributed by atoms with E-state index in [2.05, 4.69) is 30.2 Å². The summed E-state index contributed by atoms with van der Waals surface area (Å²) in [6.07, 6.45) is 1.98. The maximum absolute atomic E-state index is 4.27. The van der Waals surface area contributed by atoms with Crippen LogP contribution >= 0.6 is 0 Å². The molecule has 0 N–H and O–H groups in total. The fourth-order valence-corrected chi connectivity index (χ4v) is 1.23. The van der Waals surface area contributed by atoms with Crippen molar-refractivity contribution in [2.75, 3.05) is 0 Å². The SMILES string of the molecule is CC.Cc1ccn2nc(C)cc2c1. The zero-order valence-electron chi connectivity index (χ0n) is 8.70. The first kappa shape index (κ1) is 9.78. The molecule has 13 heavy (non-hydrogen) atoms. The number of nitrogens with zero attached hydrogens (tertiary/aromatic N) is 2. The van der Waals surface area contributed by atoms with Gasteiger partial charge in [-0.3, -0.25) is 0 Å². The third kappa shape index (κ3) is 2.08. The van der Waals surface area contributed by atoms with E-state index < -0.39 is 0 Å². The van der Waals surface area contributed by atoms with E-state index in [4.69, 9.17) is 0 Å². The Morgan fingerprint density at radius 2 is 1.85 bits per heavy atom. The van der Waals surface area contributed by atoms with E-state index in [9.17, 15) is 0 Å². The molecule has 0 atom stereocenters. The van der Waals surface area contributed by atoms with Crippen molar-refractivity contribution in [1.82, 2.24) is 9.61 Å². The van der Waals surface area contributed by atoms with E-state index in [0.29, 0.717) is 0 Å². The second kappa shape index (κ2) is 4.08. The molecule has 0 fully saturated rings. The molecular weight excluding hydrogens is 160 g/mol. The summed E-state index contributed by atoms with van der Waals surface area (Å²) >= 11 is 0. The van der Waals surface area contributed by atoms with Crippen LogP contribution in [-0.4, -0.2) is 9.61 Å². The summed E-state index contributed by atoms with van der Waals surface area (Å²) in [6.45, 7) is 8.09. The standard InChI is InChI=1S/C9H10N2.C2H6/c1-7-3-4-11-9(5-7)6-8(2)10-11;1-2/h3-6H,1-2H3;1-2H3. The van der Waals surface area contributed by atoms with Crippen molar-refractivity contribution < 1.29 is 0 Å². The van der Waals surface area contributed by atoms with Crippen LogP contribution in [0.5, 0.6) is 0 Å². The van der Waals surface area contributed by atoms with Gasteiger partial charge < -0.3 is 0 Å². The molecule has 0 saturated heterocycles.